The van der Waals surface area contributed by atoms with E-state index in [-0.39, 0.29) is 0 Å². The molecule has 2 rings (SSSR count). The van der Waals surface area contributed by atoms with E-state index in [1.807, 2.05) is 0 Å². The van der Waals surface area contributed by atoms with Gasteiger partial charge in [-0.2, -0.15) is 0 Å². The fourth-order valence-electron chi connectivity index (χ4n) is 4.15. The van der Waals surface area contributed by atoms with Crippen LogP contribution in [0.15, 0.2) is 36.8 Å². The van der Waals surface area contributed by atoms with Crippen molar-refractivity contribution in [1.29, 1.82) is 0 Å². The van der Waals surface area contributed by atoms with E-state index in [0.29, 0.717) is 6.04 Å². The van der Waals surface area contributed by atoms with Gasteiger partial charge in [0, 0.05) is 12.1 Å². The molecule has 2 aliphatic rings. The largest absolute Gasteiger partial charge is 0.311 e. The van der Waals surface area contributed by atoms with Gasteiger partial charge in [0.15, 0.2) is 0 Å². The number of fused-ring (bicyclic) bond motifs is 1. The number of rotatable bonds is 6. The monoisotopic (exact) mass is 271 g/mol. The molecule has 110 valence electrons. The fourth-order valence-corrected chi connectivity index (χ4v) is 4.15. The molecule has 2 fully saturated rings. The zero-order valence-electron chi connectivity index (χ0n) is 12.7. The molecular weight excluding hydrogens is 242 g/mol. The van der Waals surface area contributed by atoms with E-state index in [0.717, 1.165) is 30.7 Å². The van der Waals surface area contributed by atoms with Gasteiger partial charge in [-0.1, -0.05) is 26.0 Å². The zero-order valence-corrected chi connectivity index (χ0v) is 12.7. The molecular formula is C19H29N. The smallest absolute Gasteiger partial charge is 0.0101 e. The highest BCUT2D eigenvalue weighted by Gasteiger charge is 2.36. The van der Waals surface area contributed by atoms with E-state index in [1.165, 1.54) is 44.9 Å². The first-order chi connectivity index (χ1) is 9.85. The number of nitrogens with one attached hydrogen (secondary N) is 1. The van der Waals surface area contributed by atoms with Crippen LogP contribution in [0.1, 0.15) is 57.8 Å². The summed E-state index contributed by atoms with van der Waals surface area (Å²) in [5.74, 6) is 1.83. The third kappa shape index (κ3) is 4.25. The number of hydrogen-bond donors (Lipinski definition) is 1. The first kappa shape index (κ1) is 15.4. The molecule has 1 nitrogen and oxygen atoms in total. The minimum absolute atomic E-state index is 0.715. The highest BCUT2D eigenvalue weighted by molar-refractivity contribution is 4.94. The Kier molecular flexibility index (Phi) is 6.40. The van der Waals surface area contributed by atoms with Crippen LogP contribution < -0.4 is 5.32 Å². The maximum absolute atomic E-state index is 3.93. The highest BCUT2D eigenvalue weighted by atomic mass is 15.0. The van der Waals surface area contributed by atoms with Crippen LogP contribution in [0.2, 0.25) is 0 Å². The van der Waals surface area contributed by atoms with Crippen LogP contribution in [-0.4, -0.2) is 12.1 Å². The molecule has 0 aromatic heterocycles. The van der Waals surface area contributed by atoms with Gasteiger partial charge in [0.05, 0.1) is 0 Å². The van der Waals surface area contributed by atoms with Crippen LogP contribution in [0, 0.1) is 11.8 Å². The third-order valence-corrected chi connectivity index (χ3v) is 5.14. The second-order valence-electron chi connectivity index (χ2n) is 6.37. The molecule has 0 amide bonds. The van der Waals surface area contributed by atoms with Crippen LogP contribution in [-0.2, 0) is 0 Å². The van der Waals surface area contributed by atoms with Gasteiger partial charge in [-0.05, 0) is 68.9 Å². The average Bonchev–Trinajstić information content (AvgIpc) is 2.48. The molecule has 1 aliphatic heterocycles. The molecule has 0 bridgehead atoms. The lowest BCUT2D eigenvalue weighted by Crippen LogP contribution is -2.51. The Labute approximate surface area is 124 Å². The highest BCUT2D eigenvalue weighted by Crippen LogP contribution is 2.39. The molecule has 1 aliphatic carbocycles. The van der Waals surface area contributed by atoms with Crippen molar-refractivity contribution in [3.8, 4) is 0 Å². The molecule has 1 heterocycles. The molecule has 0 aromatic carbocycles. The first-order valence-electron chi connectivity index (χ1n) is 8.29. The van der Waals surface area contributed by atoms with Gasteiger partial charge in [-0.25, -0.2) is 0 Å². The minimum atomic E-state index is 0.715. The second kappa shape index (κ2) is 8.32. The summed E-state index contributed by atoms with van der Waals surface area (Å²) >= 11 is 0. The topological polar surface area (TPSA) is 12.0 Å². The van der Waals surface area contributed by atoms with Gasteiger partial charge in [0.1, 0.15) is 0 Å². The number of piperidine rings is 1. The van der Waals surface area contributed by atoms with E-state index in [9.17, 15) is 0 Å². The van der Waals surface area contributed by atoms with Crippen LogP contribution >= 0.6 is 0 Å². The van der Waals surface area contributed by atoms with Gasteiger partial charge in [-0.3, -0.25) is 0 Å². The van der Waals surface area contributed by atoms with Crippen molar-refractivity contribution in [3.63, 3.8) is 0 Å². The Balaban J connectivity index is 1.83. The van der Waals surface area contributed by atoms with Crippen molar-refractivity contribution in [1.82, 2.24) is 5.32 Å². The molecule has 1 N–H and O–H groups in total. The summed E-state index contributed by atoms with van der Waals surface area (Å²) in [4.78, 5) is 0. The minimum Gasteiger partial charge on any atom is -0.311 e. The van der Waals surface area contributed by atoms with Crippen molar-refractivity contribution in [2.75, 3.05) is 0 Å². The molecule has 0 aromatic rings. The summed E-state index contributed by atoms with van der Waals surface area (Å²) in [5.41, 5.74) is 5.79. The molecule has 0 radical (unpaired) electrons. The molecule has 0 spiro atoms. The Morgan fingerprint density at radius 1 is 0.950 bits per heavy atom. The lowest BCUT2D eigenvalue weighted by atomic mass is 9.69. The summed E-state index contributed by atoms with van der Waals surface area (Å²) < 4.78 is 0. The summed E-state index contributed by atoms with van der Waals surface area (Å²) in [6.45, 7) is 7.31. The van der Waals surface area contributed by atoms with Crippen molar-refractivity contribution >= 4 is 0 Å². The van der Waals surface area contributed by atoms with Gasteiger partial charge in [-0.15, -0.1) is 11.5 Å². The maximum Gasteiger partial charge on any atom is 0.0101 e. The Morgan fingerprint density at radius 3 is 2.45 bits per heavy atom. The summed E-state index contributed by atoms with van der Waals surface area (Å²) in [6.07, 6.45) is 16.0. The van der Waals surface area contributed by atoms with Crippen LogP contribution in [0.3, 0.4) is 0 Å². The zero-order chi connectivity index (χ0) is 14.2. The van der Waals surface area contributed by atoms with E-state index in [4.69, 9.17) is 0 Å². The van der Waals surface area contributed by atoms with Crippen molar-refractivity contribution in [2.24, 2.45) is 11.8 Å². The summed E-state index contributed by atoms with van der Waals surface area (Å²) in [6, 6.07) is 1.49. The Bertz CT molecular complexity index is 385. The lowest BCUT2D eigenvalue weighted by Gasteiger charge is -2.45. The van der Waals surface area contributed by atoms with Crippen molar-refractivity contribution in [3.05, 3.63) is 36.8 Å². The molecule has 4 atom stereocenters. The van der Waals surface area contributed by atoms with Crippen molar-refractivity contribution < 1.29 is 0 Å². The molecule has 1 saturated carbocycles. The predicted molar refractivity (Wildman–Crippen MR) is 86.7 cm³/mol. The van der Waals surface area contributed by atoms with E-state index in [1.54, 1.807) is 0 Å². The Morgan fingerprint density at radius 2 is 1.70 bits per heavy atom. The second-order valence-corrected chi connectivity index (χ2v) is 6.37. The molecule has 4 unspecified atom stereocenters. The number of hydrogen-bond acceptors (Lipinski definition) is 1. The van der Waals surface area contributed by atoms with Crippen molar-refractivity contribution in [2.45, 2.75) is 69.9 Å². The quantitative estimate of drug-likeness (QED) is 0.686. The van der Waals surface area contributed by atoms with Gasteiger partial charge < -0.3 is 5.32 Å². The number of allylic oxidation sites excluding steroid dienone is 2. The standard InChI is InChI=1S/C19H29N/c1-3-5-7-10-16-11-9-13-19-18(16)15-14-17(20-19)12-8-6-4-2/h5-6,16-20H,1-2,7-15H2. The van der Waals surface area contributed by atoms with E-state index in [2.05, 4.69) is 42.1 Å². The maximum atomic E-state index is 3.93. The summed E-state index contributed by atoms with van der Waals surface area (Å²) in [5, 5.41) is 3.93. The SMILES string of the molecule is C=C=CCCC1CCC2C(CCC=C=C)CCCC2N1. The normalized spacial score (nSPS) is 32.6. The lowest BCUT2D eigenvalue weighted by molar-refractivity contribution is 0.108. The molecule has 1 heteroatoms. The van der Waals surface area contributed by atoms with E-state index < -0.39 is 0 Å². The Hall–Kier alpha value is -1.00. The summed E-state index contributed by atoms with van der Waals surface area (Å²) in [7, 11) is 0. The van der Waals surface area contributed by atoms with Gasteiger partial charge in [0.2, 0.25) is 0 Å². The van der Waals surface area contributed by atoms with Crippen LogP contribution in [0.4, 0.5) is 0 Å². The van der Waals surface area contributed by atoms with Crippen LogP contribution in [0.25, 0.3) is 0 Å². The molecule has 20 heavy (non-hydrogen) atoms. The fraction of sp³-hybridized carbons (Fsp3) is 0.684. The first-order valence-corrected chi connectivity index (χ1v) is 8.29. The third-order valence-electron chi connectivity index (χ3n) is 5.14. The van der Waals surface area contributed by atoms with Gasteiger partial charge >= 0.3 is 0 Å². The molecule has 1 saturated heterocycles. The predicted octanol–water partition coefficient (Wildman–Crippen LogP) is 4.77. The van der Waals surface area contributed by atoms with Crippen LogP contribution in [0.5, 0.6) is 0 Å². The average molecular weight is 271 g/mol. The van der Waals surface area contributed by atoms with Gasteiger partial charge in [0.25, 0.3) is 0 Å². The van der Waals surface area contributed by atoms with E-state index >= 15 is 0 Å².